The summed E-state index contributed by atoms with van der Waals surface area (Å²) in [5.41, 5.74) is 0.735. The SMILES string of the molecule is CC(=O)N(C)Cc1ccc(Cl)cc1.CC1CCCN1C(=O)Nc1ccc(C(F)(F)F)cc1. The monoisotopic (exact) mass is 469 g/mol. The summed E-state index contributed by atoms with van der Waals surface area (Å²) < 4.78 is 37.2. The number of urea groups is 1. The maximum absolute atomic E-state index is 12.4. The Morgan fingerprint density at radius 2 is 1.72 bits per heavy atom. The van der Waals surface area contributed by atoms with Crippen LogP contribution in [0.2, 0.25) is 5.02 Å². The molecule has 0 saturated carbocycles. The predicted molar refractivity (Wildman–Crippen MR) is 119 cm³/mol. The predicted octanol–water partition coefficient (Wildman–Crippen LogP) is 6.04. The number of rotatable bonds is 3. The second-order valence-corrected chi connectivity index (χ2v) is 8.13. The maximum atomic E-state index is 12.4. The summed E-state index contributed by atoms with van der Waals surface area (Å²) in [6.07, 6.45) is -2.44. The summed E-state index contributed by atoms with van der Waals surface area (Å²) in [4.78, 5) is 26.2. The molecule has 1 unspecified atom stereocenters. The Balaban J connectivity index is 0.000000244. The van der Waals surface area contributed by atoms with E-state index < -0.39 is 11.7 Å². The first-order valence-electron chi connectivity index (χ1n) is 10.2. The molecule has 32 heavy (non-hydrogen) atoms. The van der Waals surface area contributed by atoms with E-state index in [9.17, 15) is 22.8 Å². The molecule has 2 aromatic rings. The van der Waals surface area contributed by atoms with Crippen molar-refractivity contribution in [1.29, 1.82) is 0 Å². The molecule has 1 aliphatic heterocycles. The van der Waals surface area contributed by atoms with Gasteiger partial charge in [0.25, 0.3) is 0 Å². The number of anilines is 1. The van der Waals surface area contributed by atoms with Crippen LogP contribution in [0.15, 0.2) is 48.5 Å². The fourth-order valence-corrected chi connectivity index (χ4v) is 3.27. The summed E-state index contributed by atoms with van der Waals surface area (Å²) in [5.74, 6) is 0.0648. The van der Waals surface area contributed by atoms with Crippen LogP contribution in [0.1, 0.15) is 37.8 Å². The molecule has 2 aromatic carbocycles. The van der Waals surface area contributed by atoms with Gasteiger partial charge < -0.3 is 15.1 Å². The molecule has 3 amide bonds. The first-order chi connectivity index (χ1) is 15.0. The van der Waals surface area contributed by atoms with E-state index in [4.69, 9.17) is 11.6 Å². The van der Waals surface area contributed by atoms with Gasteiger partial charge in [0.05, 0.1) is 5.56 Å². The van der Waals surface area contributed by atoms with Crippen molar-refractivity contribution in [3.05, 3.63) is 64.7 Å². The Hall–Kier alpha value is -2.74. The number of carbonyl (C=O) groups is 2. The lowest BCUT2D eigenvalue weighted by atomic mass is 10.2. The van der Waals surface area contributed by atoms with Gasteiger partial charge in [0.15, 0.2) is 0 Å². The Kier molecular flexibility index (Phi) is 8.95. The number of hydrogen-bond donors (Lipinski definition) is 1. The van der Waals surface area contributed by atoms with E-state index in [1.165, 1.54) is 12.1 Å². The molecular formula is C23H27ClF3N3O2. The van der Waals surface area contributed by atoms with Crippen molar-refractivity contribution in [2.45, 2.75) is 45.5 Å². The molecule has 1 fully saturated rings. The third-order valence-corrected chi connectivity index (χ3v) is 5.40. The van der Waals surface area contributed by atoms with Gasteiger partial charge in [-0.25, -0.2) is 4.79 Å². The smallest absolute Gasteiger partial charge is 0.342 e. The van der Waals surface area contributed by atoms with Crippen LogP contribution in [-0.2, 0) is 17.5 Å². The largest absolute Gasteiger partial charge is 0.416 e. The van der Waals surface area contributed by atoms with Crippen LogP contribution >= 0.6 is 11.6 Å². The number of likely N-dealkylation sites (tertiary alicyclic amines) is 1. The van der Waals surface area contributed by atoms with E-state index in [1.807, 2.05) is 31.2 Å². The molecule has 9 heteroatoms. The third kappa shape index (κ3) is 7.75. The Labute approximate surface area is 191 Å². The van der Waals surface area contributed by atoms with E-state index in [-0.39, 0.29) is 18.0 Å². The molecule has 0 radical (unpaired) electrons. The number of hydrogen-bond acceptors (Lipinski definition) is 2. The molecule has 1 aliphatic rings. The van der Waals surface area contributed by atoms with Crippen LogP contribution in [0.3, 0.4) is 0 Å². The maximum Gasteiger partial charge on any atom is 0.416 e. The van der Waals surface area contributed by atoms with Crippen molar-refractivity contribution < 1.29 is 22.8 Å². The fourth-order valence-electron chi connectivity index (χ4n) is 3.15. The third-order valence-electron chi connectivity index (χ3n) is 5.15. The van der Waals surface area contributed by atoms with Crippen molar-refractivity contribution in [3.8, 4) is 0 Å². The van der Waals surface area contributed by atoms with Crippen molar-refractivity contribution in [2.75, 3.05) is 18.9 Å². The highest BCUT2D eigenvalue weighted by Gasteiger charge is 2.30. The standard InChI is InChI=1S/C13H15F3N2O.C10H12ClNO/c1-9-3-2-8-18(9)12(19)17-11-6-4-10(5-7-11)13(14,15)16;1-8(13)12(2)7-9-3-5-10(11)6-4-9/h4-7,9H,2-3,8H2,1H3,(H,17,19);3-6H,7H2,1-2H3. The normalized spacial score (nSPS) is 15.6. The first-order valence-corrected chi connectivity index (χ1v) is 10.6. The molecule has 1 N–H and O–H groups in total. The number of nitrogens with zero attached hydrogens (tertiary/aromatic N) is 2. The van der Waals surface area contributed by atoms with E-state index in [0.29, 0.717) is 23.8 Å². The Morgan fingerprint density at radius 3 is 2.19 bits per heavy atom. The average molecular weight is 470 g/mol. The molecule has 0 aliphatic carbocycles. The van der Waals surface area contributed by atoms with Gasteiger partial charge in [0.1, 0.15) is 0 Å². The number of amides is 3. The van der Waals surface area contributed by atoms with Crippen LogP contribution in [0, 0.1) is 0 Å². The van der Waals surface area contributed by atoms with Gasteiger partial charge in [-0.05, 0) is 61.7 Å². The zero-order valence-electron chi connectivity index (χ0n) is 18.2. The van der Waals surface area contributed by atoms with Crippen LogP contribution in [-0.4, -0.2) is 41.4 Å². The second kappa shape index (κ2) is 11.2. The minimum absolute atomic E-state index is 0.0648. The molecule has 1 heterocycles. The fraction of sp³-hybridized carbons (Fsp3) is 0.391. The molecular weight excluding hydrogens is 443 g/mol. The Morgan fingerprint density at radius 1 is 1.12 bits per heavy atom. The summed E-state index contributed by atoms with van der Waals surface area (Å²) in [6.45, 7) is 4.83. The molecule has 1 atom stereocenters. The van der Waals surface area contributed by atoms with E-state index in [0.717, 1.165) is 30.5 Å². The van der Waals surface area contributed by atoms with Crippen LogP contribution in [0.25, 0.3) is 0 Å². The molecule has 0 aromatic heterocycles. The van der Waals surface area contributed by atoms with Crippen molar-refractivity contribution >= 4 is 29.2 Å². The highest BCUT2D eigenvalue weighted by Crippen LogP contribution is 2.30. The lowest BCUT2D eigenvalue weighted by Gasteiger charge is -2.21. The van der Waals surface area contributed by atoms with E-state index in [1.54, 1.807) is 23.8 Å². The van der Waals surface area contributed by atoms with Gasteiger partial charge in [-0.2, -0.15) is 13.2 Å². The summed E-state index contributed by atoms with van der Waals surface area (Å²) in [5, 5.41) is 3.33. The topological polar surface area (TPSA) is 52.7 Å². The molecule has 0 bridgehead atoms. The van der Waals surface area contributed by atoms with E-state index >= 15 is 0 Å². The van der Waals surface area contributed by atoms with Crippen molar-refractivity contribution in [2.24, 2.45) is 0 Å². The highest BCUT2D eigenvalue weighted by molar-refractivity contribution is 6.30. The quantitative estimate of drug-likeness (QED) is 0.595. The molecule has 174 valence electrons. The number of alkyl halides is 3. The lowest BCUT2D eigenvalue weighted by Crippen LogP contribution is -2.37. The summed E-state index contributed by atoms with van der Waals surface area (Å²) in [7, 11) is 1.77. The highest BCUT2D eigenvalue weighted by atomic mass is 35.5. The van der Waals surface area contributed by atoms with Gasteiger partial charge in [-0.1, -0.05) is 23.7 Å². The lowest BCUT2D eigenvalue weighted by molar-refractivity contribution is -0.137. The summed E-state index contributed by atoms with van der Waals surface area (Å²) in [6, 6.07) is 11.9. The van der Waals surface area contributed by atoms with Crippen molar-refractivity contribution in [1.82, 2.24) is 9.80 Å². The number of carbonyl (C=O) groups excluding carboxylic acids is 2. The van der Waals surface area contributed by atoms with Crippen LogP contribution in [0.5, 0.6) is 0 Å². The minimum atomic E-state index is -4.36. The zero-order valence-corrected chi connectivity index (χ0v) is 19.0. The number of benzene rings is 2. The number of nitrogens with one attached hydrogen (secondary N) is 1. The Bertz CT molecular complexity index is 902. The molecule has 3 rings (SSSR count). The van der Waals surface area contributed by atoms with Gasteiger partial charge in [0.2, 0.25) is 5.91 Å². The van der Waals surface area contributed by atoms with Gasteiger partial charge in [-0.15, -0.1) is 0 Å². The molecule has 0 spiro atoms. The summed E-state index contributed by atoms with van der Waals surface area (Å²) >= 11 is 5.73. The van der Waals surface area contributed by atoms with Gasteiger partial charge in [0, 0.05) is 43.8 Å². The van der Waals surface area contributed by atoms with E-state index in [2.05, 4.69) is 5.32 Å². The van der Waals surface area contributed by atoms with Crippen molar-refractivity contribution in [3.63, 3.8) is 0 Å². The second-order valence-electron chi connectivity index (χ2n) is 7.69. The van der Waals surface area contributed by atoms with Gasteiger partial charge >= 0.3 is 12.2 Å². The molecule has 5 nitrogen and oxygen atoms in total. The number of halogens is 4. The average Bonchev–Trinajstić information content (AvgIpc) is 3.16. The van der Waals surface area contributed by atoms with Gasteiger partial charge in [-0.3, -0.25) is 4.79 Å². The first kappa shape index (κ1) is 25.5. The van der Waals surface area contributed by atoms with Crippen LogP contribution in [0.4, 0.5) is 23.7 Å². The van der Waals surface area contributed by atoms with Crippen LogP contribution < -0.4 is 5.32 Å². The molecule has 1 saturated heterocycles. The minimum Gasteiger partial charge on any atom is -0.342 e. The zero-order chi connectivity index (χ0) is 23.9.